The van der Waals surface area contributed by atoms with E-state index in [9.17, 15) is 33.6 Å². The first-order valence-corrected chi connectivity index (χ1v) is 17.0. The van der Waals surface area contributed by atoms with Gasteiger partial charge in [-0.15, -0.1) is 5.06 Å². The number of esters is 3. The van der Waals surface area contributed by atoms with Crippen molar-refractivity contribution in [3.8, 4) is 0 Å². The van der Waals surface area contributed by atoms with Crippen LogP contribution in [0.3, 0.4) is 0 Å². The van der Waals surface area contributed by atoms with E-state index in [4.69, 9.17) is 28.5 Å². The number of unbranched alkanes of at least 4 members (excludes halogenated alkanes) is 1. The fourth-order valence-corrected chi connectivity index (χ4v) is 5.57. The molecule has 15 nitrogen and oxygen atoms in total. The minimum Gasteiger partial charge on any atom is -0.459 e. The molecule has 0 radical (unpaired) electrons. The maximum atomic E-state index is 13.5. The predicted octanol–water partition coefficient (Wildman–Crippen LogP) is 3.32. The molecule has 1 N–H and O–H groups in total. The van der Waals surface area contributed by atoms with Crippen LogP contribution in [0.1, 0.15) is 70.1 Å². The van der Waals surface area contributed by atoms with E-state index in [1.165, 1.54) is 31.2 Å². The normalized spacial score (nSPS) is 21.0. The monoisotopic (exact) mass is 730 g/mol. The maximum absolute atomic E-state index is 13.5. The fourth-order valence-electron chi connectivity index (χ4n) is 5.57. The van der Waals surface area contributed by atoms with Gasteiger partial charge < -0.3 is 33.8 Å². The van der Waals surface area contributed by atoms with Crippen LogP contribution in [0, 0.1) is 0 Å². The molecule has 3 aromatic rings. The number of ether oxygens (including phenoxy) is 5. The molecule has 3 amide bonds. The van der Waals surface area contributed by atoms with Gasteiger partial charge in [0.25, 0.3) is 11.8 Å². The smallest absolute Gasteiger partial charge is 0.338 e. The molecule has 1 unspecified atom stereocenters. The lowest BCUT2D eigenvalue weighted by Crippen LogP contribution is -2.66. The summed E-state index contributed by atoms with van der Waals surface area (Å²) in [6, 6.07) is 22.9. The van der Waals surface area contributed by atoms with Crippen LogP contribution in [0.15, 0.2) is 91.0 Å². The van der Waals surface area contributed by atoms with Gasteiger partial charge in [0.15, 0.2) is 18.5 Å². The summed E-state index contributed by atoms with van der Waals surface area (Å²) >= 11 is 0. The standard InChI is InChI=1S/C38H38N2O13/c1-24(41)39-32-34(52-37(47)27-17-9-4-10-18-27)33(51-36(46)26-15-7-3-8-16-26)28(23-49-35(45)25-13-5-2-6-14-25)50-38(32)48-22-12-11-19-31(44)53-40-29(42)20-21-30(40)43/h2-10,13-18,28,32-34,38H,11-12,19-23H2,1H3,(H,39,41)/t28-,32?,33+,34-,38-/m1/s1. The molecular weight excluding hydrogens is 692 g/mol. The zero-order valence-corrected chi connectivity index (χ0v) is 28.8. The Kier molecular flexibility index (Phi) is 13.4. The molecule has 0 aliphatic carbocycles. The van der Waals surface area contributed by atoms with E-state index in [1.54, 1.807) is 66.7 Å². The molecule has 0 bridgehead atoms. The number of hydroxylamine groups is 2. The first-order chi connectivity index (χ1) is 25.6. The zero-order chi connectivity index (χ0) is 37.7. The second kappa shape index (κ2) is 18.5. The number of benzene rings is 3. The summed E-state index contributed by atoms with van der Waals surface area (Å²) in [5.74, 6) is -4.83. The Morgan fingerprint density at radius 1 is 0.717 bits per heavy atom. The van der Waals surface area contributed by atoms with Crippen LogP contribution in [0.5, 0.6) is 0 Å². The van der Waals surface area contributed by atoms with Crippen LogP contribution in [0.2, 0.25) is 0 Å². The van der Waals surface area contributed by atoms with Crippen LogP contribution in [0.25, 0.3) is 0 Å². The van der Waals surface area contributed by atoms with Crippen molar-refractivity contribution in [2.75, 3.05) is 13.2 Å². The Bertz CT molecular complexity index is 1750. The van der Waals surface area contributed by atoms with Gasteiger partial charge in [0.2, 0.25) is 5.91 Å². The molecule has 2 aliphatic heterocycles. The van der Waals surface area contributed by atoms with Gasteiger partial charge in [-0.3, -0.25) is 14.4 Å². The highest BCUT2D eigenvalue weighted by molar-refractivity contribution is 6.01. The Balaban J connectivity index is 1.37. The van der Waals surface area contributed by atoms with Crippen molar-refractivity contribution in [3.05, 3.63) is 108 Å². The third-order valence-corrected chi connectivity index (χ3v) is 8.17. The molecule has 5 atom stereocenters. The molecule has 278 valence electrons. The van der Waals surface area contributed by atoms with E-state index in [0.29, 0.717) is 5.06 Å². The number of hydrogen-bond acceptors (Lipinski definition) is 13. The lowest BCUT2D eigenvalue weighted by atomic mass is 9.95. The summed E-state index contributed by atoms with van der Waals surface area (Å²) in [6.07, 6.45) is -5.21. The quantitative estimate of drug-likeness (QED) is 0.104. The molecule has 0 spiro atoms. The van der Waals surface area contributed by atoms with Gasteiger partial charge in [0, 0.05) is 32.8 Å². The average Bonchev–Trinajstić information content (AvgIpc) is 3.48. The first-order valence-electron chi connectivity index (χ1n) is 17.0. The highest BCUT2D eigenvalue weighted by Gasteiger charge is 2.52. The molecule has 0 aromatic heterocycles. The van der Waals surface area contributed by atoms with Gasteiger partial charge in [-0.1, -0.05) is 54.6 Å². The van der Waals surface area contributed by atoms with Crippen LogP contribution in [0.4, 0.5) is 0 Å². The summed E-state index contributed by atoms with van der Waals surface area (Å²) < 4.78 is 29.8. The summed E-state index contributed by atoms with van der Waals surface area (Å²) in [7, 11) is 0. The van der Waals surface area contributed by atoms with Gasteiger partial charge in [0.05, 0.1) is 16.7 Å². The average molecular weight is 731 g/mol. The number of amides is 3. The van der Waals surface area contributed by atoms with Gasteiger partial charge in [-0.2, -0.15) is 0 Å². The number of imide groups is 1. The lowest BCUT2D eigenvalue weighted by Gasteiger charge is -2.45. The first kappa shape index (κ1) is 38.3. The number of carbonyl (C=O) groups is 7. The number of carbonyl (C=O) groups excluding carboxylic acids is 7. The van der Waals surface area contributed by atoms with Crippen LogP contribution >= 0.6 is 0 Å². The molecule has 2 fully saturated rings. The molecule has 2 saturated heterocycles. The highest BCUT2D eigenvalue weighted by Crippen LogP contribution is 2.30. The van der Waals surface area contributed by atoms with Crippen molar-refractivity contribution in [2.45, 2.75) is 69.7 Å². The van der Waals surface area contributed by atoms with E-state index in [0.717, 1.165) is 0 Å². The minimum atomic E-state index is -1.43. The van der Waals surface area contributed by atoms with Gasteiger partial charge >= 0.3 is 23.9 Å². The van der Waals surface area contributed by atoms with Crippen LogP contribution in [-0.4, -0.2) is 90.5 Å². The minimum absolute atomic E-state index is 0.0305. The van der Waals surface area contributed by atoms with Crippen LogP contribution in [-0.2, 0) is 47.7 Å². The maximum Gasteiger partial charge on any atom is 0.338 e. The Labute approximate surface area is 304 Å². The van der Waals surface area contributed by atoms with Gasteiger partial charge in [-0.05, 0) is 49.2 Å². The molecular formula is C38H38N2O13. The van der Waals surface area contributed by atoms with Crippen LogP contribution < -0.4 is 5.32 Å². The molecule has 0 saturated carbocycles. The fraction of sp³-hybridized carbons (Fsp3) is 0.342. The Morgan fingerprint density at radius 3 is 1.75 bits per heavy atom. The zero-order valence-electron chi connectivity index (χ0n) is 28.8. The van der Waals surface area contributed by atoms with Crippen molar-refractivity contribution >= 4 is 41.6 Å². The number of nitrogens with one attached hydrogen (secondary N) is 1. The van der Waals surface area contributed by atoms with E-state index in [-0.39, 0.29) is 55.4 Å². The van der Waals surface area contributed by atoms with Crippen molar-refractivity contribution in [1.29, 1.82) is 0 Å². The molecule has 2 heterocycles. The summed E-state index contributed by atoms with van der Waals surface area (Å²) in [6.45, 7) is 0.694. The molecule has 5 rings (SSSR count). The topological polar surface area (TPSA) is 190 Å². The van der Waals surface area contributed by atoms with Crippen molar-refractivity contribution in [3.63, 3.8) is 0 Å². The molecule has 3 aromatic carbocycles. The second-order valence-electron chi connectivity index (χ2n) is 12.1. The third kappa shape index (κ3) is 10.6. The molecule has 15 heteroatoms. The number of rotatable bonds is 15. The predicted molar refractivity (Wildman–Crippen MR) is 181 cm³/mol. The van der Waals surface area contributed by atoms with E-state index >= 15 is 0 Å². The summed E-state index contributed by atoms with van der Waals surface area (Å²) in [5, 5.41) is 3.16. The van der Waals surface area contributed by atoms with Crippen molar-refractivity contribution in [1.82, 2.24) is 10.4 Å². The number of hydrogen-bond donors (Lipinski definition) is 1. The van der Waals surface area contributed by atoms with Crippen molar-refractivity contribution in [2.24, 2.45) is 0 Å². The number of nitrogens with zero attached hydrogens (tertiary/aromatic N) is 1. The van der Waals surface area contributed by atoms with E-state index < -0.39 is 78.8 Å². The van der Waals surface area contributed by atoms with E-state index in [2.05, 4.69) is 5.32 Å². The van der Waals surface area contributed by atoms with Gasteiger partial charge in [-0.25, -0.2) is 19.2 Å². The van der Waals surface area contributed by atoms with Gasteiger partial charge in [0.1, 0.15) is 18.8 Å². The Hall–Kier alpha value is -5.93. The van der Waals surface area contributed by atoms with E-state index in [1.807, 2.05) is 0 Å². The Morgan fingerprint density at radius 2 is 1.23 bits per heavy atom. The largest absolute Gasteiger partial charge is 0.459 e. The molecule has 53 heavy (non-hydrogen) atoms. The SMILES string of the molecule is CC(=O)NC1[C@H](OCCCCC(=O)ON2C(=O)CCC2=O)O[C@H](COC(=O)c2ccccc2)[C@H](OC(=O)c2ccccc2)[C@@H]1OC(=O)c1ccccc1. The lowest BCUT2D eigenvalue weighted by molar-refractivity contribution is -0.269. The summed E-state index contributed by atoms with van der Waals surface area (Å²) in [5.41, 5.74) is 0.587. The second-order valence-corrected chi connectivity index (χ2v) is 12.1. The molecule has 2 aliphatic rings. The summed E-state index contributed by atoms with van der Waals surface area (Å²) in [4.78, 5) is 93.2. The highest BCUT2D eigenvalue weighted by atomic mass is 16.7. The van der Waals surface area contributed by atoms with Crippen molar-refractivity contribution < 1.29 is 62.1 Å². The third-order valence-electron chi connectivity index (χ3n) is 8.17.